The molecule has 6 nitrogen and oxygen atoms in total. The normalized spacial score (nSPS) is 18.2. The predicted octanol–water partition coefficient (Wildman–Crippen LogP) is 2.70. The summed E-state index contributed by atoms with van der Waals surface area (Å²) in [6, 6.07) is 4.13. The molecular formula is C20H37N5O. The smallest absolute Gasteiger partial charge is 0.191 e. The SMILES string of the molecule is CCNC(=NCC(C)(C)N1CCCCC1)NCC(c1ccco1)N(C)C. The fraction of sp³-hybridized carbons (Fsp3) is 0.750. The van der Waals surface area contributed by atoms with Gasteiger partial charge in [0.05, 0.1) is 18.8 Å². The molecule has 1 aliphatic rings. The van der Waals surface area contributed by atoms with Crippen LogP contribution in [-0.4, -0.2) is 68.1 Å². The van der Waals surface area contributed by atoms with Gasteiger partial charge in [-0.25, -0.2) is 0 Å². The van der Waals surface area contributed by atoms with E-state index in [9.17, 15) is 0 Å². The zero-order valence-corrected chi connectivity index (χ0v) is 17.2. The van der Waals surface area contributed by atoms with E-state index in [1.807, 2.05) is 12.1 Å². The number of rotatable bonds is 8. The van der Waals surface area contributed by atoms with Gasteiger partial charge in [0.2, 0.25) is 0 Å². The molecular weight excluding hydrogens is 326 g/mol. The largest absolute Gasteiger partial charge is 0.468 e. The number of piperidine rings is 1. The molecule has 1 atom stereocenters. The van der Waals surface area contributed by atoms with Crippen LogP contribution in [0.15, 0.2) is 27.8 Å². The molecule has 0 bridgehead atoms. The molecule has 2 heterocycles. The summed E-state index contributed by atoms with van der Waals surface area (Å²) in [7, 11) is 4.14. The first-order valence-corrected chi connectivity index (χ1v) is 9.91. The lowest BCUT2D eigenvalue weighted by atomic mass is 9.99. The Morgan fingerprint density at radius 3 is 2.58 bits per heavy atom. The van der Waals surface area contributed by atoms with Gasteiger partial charge in [-0.05, 0) is 72.9 Å². The number of hydrogen-bond donors (Lipinski definition) is 2. The summed E-state index contributed by atoms with van der Waals surface area (Å²) < 4.78 is 5.59. The van der Waals surface area contributed by atoms with Crippen LogP contribution in [0.3, 0.4) is 0 Å². The molecule has 1 fully saturated rings. The van der Waals surface area contributed by atoms with Crippen molar-refractivity contribution < 1.29 is 4.42 Å². The van der Waals surface area contributed by atoms with Gasteiger partial charge in [-0.1, -0.05) is 6.42 Å². The molecule has 1 aromatic rings. The van der Waals surface area contributed by atoms with Crippen molar-refractivity contribution in [3.8, 4) is 0 Å². The maximum atomic E-state index is 5.59. The van der Waals surface area contributed by atoms with Gasteiger partial charge in [-0.15, -0.1) is 0 Å². The van der Waals surface area contributed by atoms with Crippen molar-refractivity contribution in [2.75, 3.05) is 46.8 Å². The van der Waals surface area contributed by atoms with Crippen molar-refractivity contribution in [1.82, 2.24) is 20.4 Å². The second kappa shape index (κ2) is 9.97. The van der Waals surface area contributed by atoms with Crippen LogP contribution in [0.1, 0.15) is 51.8 Å². The number of nitrogens with one attached hydrogen (secondary N) is 2. The highest BCUT2D eigenvalue weighted by molar-refractivity contribution is 5.79. The number of likely N-dealkylation sites (N-methyl/N-ethyl adjacent to an activating group) is 1. The summed E-state index contributed by atoms with van der Waals surface area (Å²) in [5, 5.41) is 6.85. The fourth-order valence-corrected chi connectivity index (χ4v) is 3.43. The van der Waals surface area contributed by atoms with E-state index in [1.165, 1.54) is 32.4 Å². The first kappa shape index (κ1) is 20.8. The van der Waals surface area contributed by atoms with Gasteiger partial charge in [0.15, 0.2) is 5.96 Å². The third-order valence-electron chi connectivity index (χ3n) is 5.14. The van der Waals surface area contributed by atoms with E-state index in [-0.39, 0.29) is 11.6 Å². The van der Waals surface area contributed by atoms with E-state index < -0.39 is 0 Å². The maximum Gasteiger partial charge on any atom is 0.191 e. The van der Waals surface area contributed by atoms with Crippen LogP contribution < -0.4 is 10.6 Å². The van der Waals surface area contributed by atoms with Crippen LogP contribution in [-0.2, 0) is 0 Å². The summed E-state index contributed by atoms with van der Waals surface area (Å²) in [6.45, 7) is 11.5. The maximum absolute atomic E-state index is 5.59. The number of hydrogen-bond acceptors (Lipinski definition) is 4. The van der Waals surface area contributed by atoms with Gasteiger partial charge in [-0.3, -0.25) is 14.8 Å². The number of likely N-dealkylation sites (tertiary alicyclic amines) is 1. The Bertz CT molecular complexity index is 532. The minimum Gasteiger partial charge on any atom is -0.468 e. The summed E-state index contributed by atoms with van der Waals surface area (Å²) in [5.41, 5.74) is 0.0880. The van der Waals surface area contributed by atoms with Crippen molar-refractivity contribution >= 4 is 5.96 Å². The van der Waals surface area contributed by atoms with Crippen molar-refractivity contribution in [2.45, 2.75) is 51.6 Å². The van der Waals surface area contributed by atoms with E-state index in [0.717, 1.165) is 31.4 Å². The van der Waals surface area contributed by atoms with Crippen molar-refractivity contribution in [2.24, 2.45) is 4.99 Å². The van der Waals surface area contributed by atoms with Gasteiger partial charge in [0.1, 0.15) is 5.76 Å². The summed E-state index contributed by atoms with van der Waals surface area (Å²) in [5.74, 6) is 1.84. The molecule has 1 aromatic heterocycles. The molecule has 2 N–H and O–H groups in total. The number of guanidine groups is 1. The van der Waals surface area contributed by atoms with Crippen molar-refractivity contribution in [1.29, 1.82) is 0 Å². The zero-order chi connectivity index (χ0) is 19.0. The minimum absolute atomic E-state index is 0.0880. The Kier molecular flexibility index (Phi) is 7.97. The minimum atomic E-state index is 0.0880. The lowest BCUT2D eigenvalue weighted by molar-refractivity contribution is 0.102. The molecule has 0 amide bonds. The van der Waals surface area contributed by atoms with E-state index in [4.69, 9.17) is 9.41 Å². The predicted molar refractivity (Wildman–Crippen MR) is 109 cm³/mol. The standard InChI is InChI=1S/C20H37N5O/c1-6-21-19(22-15-17(24(4)5)18-11-10-14-26-18)23-16-20(2,3)25-12-8-7-9-13-25/h10-11,14,17H,6-9,12-13,15-16H2,1-5H3,(H2,21,22,23). The third kappa shape index (κ3) is 6.02. The van der Waals surface area contributed by atoms with Crippen LogP contribution >= 0.6 is 0 Å². The quantitative estimate of drug-likeness (QED) is 0.549. The average Bonchev–Trinajstić information content (AvgIpc) is 3.14. The lowest BCUT2D eigenvalue weighted by Gasteiger charge is -2.40. The molecule has 1 aliphatic heterocycles. The van der Waals surface area contributed by atoms with Gasteiger partial charge in [0.25, 0.3) is 0 Å². The molecule has 0 aliphatic carbocycles. The first-order valence-electron chi connectivity index (χ1n) is 9.91. The van der Waals surface area contributed by atoms with Crippen LogP contribution in [0.5, 0.6) is 0 Å². The highest BCUT2D eigenvalue weighted by Gasteiger charge is 2.27. The lowest BCUT2D eigenvalue weighted by Crippen LogP contribution is -2.50. The molecule has 26 heavy (non-hydrogen) atoms. The van der Waals surface area contributed by atoms with Gasteiger partial charge >= 0.3 is 0 Å². The van der Waals surface area contributed by atoms with E-state index >= 15 is 0 Å². The molecule has 0 spiro atoms. The molecule has 148 valence electrons. The molecule has 1 saturated heterocycles. The van der Waals surface area contributed by atoms with Crippen LogP contribution in [0, 0.1) is 0 Å². The molecule has 1 unspecified atom stereocenters. The fourth-order valence-electron chi connectivity index (χ4n) is 3.43. The Balaban J connectivity index is 1.96. The molecule has 6 heteroatoms. The van der Waals surface area contributed by atoms with Crippen LogP contribution in [0.25, 0.3) is 0 Å². The zero-order valence-electron chi connectivity index (χ0n) is 17.2. The van der Waals surface area contributed by atoms with Crippen LogP contribution in [0.2, 0.25) is 0 Å². The van der Waals surface area contributed by atoms with E-state index in [0.29, 0.717) is 0 Å². The summed E-state index contributed by atoms with van der Waals surface area (Å²) >= 11 is 0. The first-order chi connectivity index (χ1) is 12.4. The number of furan rings is 1. The molecule has 0 radical (unpaired) electrons. The Morgan fingerprint density at radius 2 is 2.00 bits per heavy atom. The molecule has 2 rings (SSSR count). The van der Waals surface area contributed by atoms with E-state index in [1.54, 1.807) is 6.26 Å². The summed E-state index contributed by atoms with van der Waals surface area (Å²) in [6.07, 6.45) is 5.70. The highest BCUT2D eigenvalue weighted by Crippen LogP contribution is 2.21. The van der Waals surface area contributed by atoms with Gasteiger partial charge in [-0.2, -0.15) is 0 Å². The topological polar surface area (TPSA) is 56.0 Å². The third-order valence-corrected chi connectivity index (χ3v) is 5.14. The van der Waals surface area contributed by atoms with Gasteiger partial charge < -0.3 is 15.1 Å². The Labute approximate surface area is 159 Å². The second-order valence-corrected chi connectivity index (χ2v) is 7.93. The number of aliphatic imine (C=N–C) groups is 1. The average molecular weight is 364 g/mol. The Hall–Kier alpha value is -1.53. The molecule has 0 saturated carbocycles. The van der Waals surface area contributed by atoms with Gasteiger partial charge in [0, 0.05) is 18.6 Å². The number of nitrogens with zero attached hydrogens (tertiary/aromatic N) is 3. The van der Waals surface area contributed by atoms with Crippen LogP contribution in [0.4, 0.5) is 0 Å². The Morgan fingerprint density at radius 1 is 1.27 bits per heavy atom. The molecule has 0 aromatic carbocycles. The van der Waals surface area contributed by atoms with Crippen molar-refractivity contribution in [3.05, 3.63) is 24.2 Å². The van der Waals surface area contributed by atoms with Crippen molar-refractivity contribution in [3.63, 3.8) is 0 Å². The summed E-state index contributed by atoms with van der Waals surface area (Å²) in [4.78, 5) is 9.61. The second-order valence-electron chi connectivity index (χ2n) is 7.93. The highest BCUT2D eigenvalue weighted by atomic mass is 16.3. The van der Waals surface area contributed by atoms with E-state index in [2.05, 4.69) is 55.3 Å². The monoisotopic (exact) mass is 363 g/mol.